The van der Waals surface area contributed by atoms with E-state index in [1.807, 2.05) is 6.92 Å². The van der Waals surface area contributed by atoms with Gasteiger partial charge in [0, 0.05) is 17.2 Å². The molecule has 0 unspecified atom stereocenters. The second kappa shape index (κ2) is 11.0. The number of nitrogens with zero attached hydrogens (tertiary/aromatic N) is 3. The highest BCUT2D eigenvalue weighted by Gasteiger charge is 2.29. The number of carbonyl (C=O) groups excluding carboxylic acids is 1. The van der Waals surface area contributed by atoms with Crippen molar-refractivity contribution in [3.63, 3.8) is 0 Å². The number of nitrogens with one attached hydrogen (secondary N) is 1. The first-order chi connectivity index (χ1) is 16.6. The van der Waals surface area contributed by atoms with E-state index >= 15 is 0 Å². The Morgan fingerprint density at radius 3 is 2.40 bits per heavy atom. The van der Waals surface area contributed by atoms with Crippen molar-refractivity contribution in [2.45, 2.75) is 11.8 Å². The van der Waals surface area contributed by atoms with Crippen LogP contribution in [0.15, 0.2) is 76.7 Å². The van der Waals surface area contributed by atoms with E-state index in [2.05, 4.69) is 10.5 Å². The van der Waals surface area contributed by atoms with E-state index < -0.39 is 27.4 Å². The number of aryl methyl sites for hydroxylation is 1. The molecule has 3 rings (SSSR count). The van der Waals surface area contributed by atoms with Gasteiger partial charge in [-0.1, -0.05) is 29.3 Å². The summed E-state index contributed by atoms with van der Waals surface area (Å²) in [7, 11) is -2.81. The van der Waals surface area contributed by atoms with E-state index in [9.17, 15) is 23.3 Å². The van der Waals surface area contributed by atoms with Crippen LogP contribution in [-0.4, -0.2) is 39.1 Å². The van der Waals surface area contributed by atoms with Crippen LogP contribution in [-0.2, 0) is 14.8 Å². The van der Waals surface area contributed by atoms with Gasteiger partial charge in [-0.3, -0.25) is 19.2 Å². The maximum Gasteiger partial charge on any atom is 0.269 e. The number of sulfonamides is 1. The number of rotatable bonds is 9. The van der Waals surface area contributed by atoms with Gasteiger partial charge in [0.15, 0.2) is 0 Å². The van der Waals surface area contributed by atoms with Gasteiger partial charge in [-0.2, -0.15) is 5.10 Å². The van der Waals surface area contributed by atoms with Crippen molar-refractivity contribution < 1.29 is 22.9 Å². The SMILES string of the molecule is COc1ccc(Cl)cc1N(CC(=O)N/N=C/c1ccc([N+](=O)[O-])cc1)S(=O)(=O)c1ccc(C)cc1. The Bertz CT molecular complexity index is 1360. The standard InChI is InChI=1S/C23H21ClN4O6S/c1-16-3-10-20(11-4-16)35(32,33)27(21-13-18(24)7-12-22(21)34-2)15-23(29)26-25-14-17-5-8-19(9-6-17)28(30)31/h3-14H,15H2,1-2H3,(H,26,29)/b25-14+. The van der Waals surface area contributed by atoms with Gasteiger partial charge in [0.05, 0.1) is 28.8 Å². The molecule has 0 saturated heterocycles. The molecule has 0 bridgehead atoms. The first kappa shape index (κ1) is 25.7. The number of non-ortho nitro benzene ring substituents is 1. The fourth-order valence-electron chi connectivity index (χ4n) is 3.02. The minimum absolute atomic E-state index is 0.0210. The van der Waals surface area contributed by atoms with Gasteiger partial charge in [0.25, 0.3) is 21.6 Å². The van der Waals surface area contributed by atoms with E-state index in [4.69, 9.17) is 16.3 Å². The van der Waals surface area contributed by atoms with E-state index in [1.54, 1.807) is 12.1 Å². The number of carbonyl (C=O) groups is 1. The summed E-state index contributed by atoms with van der Waals surface area (Å²) in [5.41, 5.74) is 3.63. The first-order valence-corrected chi connectivity index (χ1v) is 11.9. The molecule has 3 aromatic carbocycles. The zero-order chi connectivity index (χ0) is 25.6. The molecule has 0 aliphatic rings. The highest BCUT2D eigenvalue weighted by Crippen LogP contribution is 2.34. The number of amides is 1. The average molecular weight is 517 g/mol. The van der Waals surface area contributed by atoms with Crippen LogP contribution >= 0.6 is 11.6 Å². The monoisotopic (exact) mass is 516 g/mol. The van der Waals surface area contributed by atoms with Crippen LogP contribution < -0.4 is 14.5 Å². The van der Waals surface area contributed by atoms with Crippen LogP contribution in [0.1, 0.15) is 11.1 Å². The van der Waals surface area contributed by atoms with Crippen LogP contribution in [0.5, 0.6) is 5.75 Å². The maximum absolute atomic E-state index is 13.5. The number of benzene rings is 3. The molecule has 182 valence electrons. The lowest BCUT2D eigenvalue weighted by molar-refractivity contribution is -0.384. The van der Waals surface area contributed by atoms with Crippen molar-refractivity contribution >= 4 is 45.1 Å². The molecule has 0 aromatic heterocycles. The summed E-state index contributed by atoms with van der Waals surface area (Å²) >= 11 is 6.11. The Morgan fingerprint density at radius 1 is 1.14 bits per heavy atom. The fraction of sp³-hybridized carbons (Fsp3) is 0.130. The third-order valence-electron chi connectivity index (χ3n) is 4.81. The lowest BCUT2D eigenvalue weighted by Crippen LogP contribution is -2.39. The summed E-state index contributed by atoms with van der Waals surface area (Å²) in [5, 5.41) is 14.8. The smallest absolute Gasteiger partial charge is 0.269 e. The predicted molar refractivity (Wildman–Crippen MR) is 133 cm³/mol. The van der Waals surface area contributed by atoms with Crippen molar-refractivity contribution in [1.82, 2.24) is 5.43 Å². The lowest BCUT2D eigenvalue weighted by atomic mass is 10.2. The Morgan fingerprint density at radius 2 is 1.80 bits per heavy atom. The molecule has 0 saturated carbocycles. The Kier molecular flexibility index (Phi) is 8.05. The van der Waals surface area contributed by atoms with Crippen molar-refractivity contribution in [2.75, 3.05) is 18.0 Å². The third kappa shape index (κ3) is 6.34. The minimum atomic E-state index is -4.19. The molecule has 0 atom stereocenters. The summed E-state index contributed by atoms with van der Waals surface area (Å²) < 4.78 is 33.2. The van der Waals surface area contributed by atoms with Crippen molar-refractivity contribution in [3.8, 4) is 5.75 Å². The molecular formula is C23H21ClN4O6S. The Labute approximate surface area is 207 Å². The number of hydrogen-bond acceptors (Lipinski definition) is 7. The number of methoxy groups -OCH3 is 1. The number of ether oxygens (including phenoxy) is 1. The van der Waals surface area contributed by atoms with Crippen LogP contribution in [0.4, 0.5) is 11.4 Å². The maximum atomic E-state index is 13.5. The van der Waals surface area contributed by atoms with E-state index in [1.165, 1.54) is 67.9 Å². The van der Waals surface area contributed by atoms with Crippen LogP contribution in [0.3, 0.4) is 0 Å². The fourth-order valence-corrected chi connectivity index (χ4v) is 4.61. The molecule has 1 N–H and O–H groups in total. The second-order valence-electron chi connectivity index (χ2n) is 7.28. The summed E-state index contributed by atoms with van der Waals surface area (Å²) in [5.74, 6) is -0.534. The molecule has 3 aromatic rings. The molecule has 12 heteroatoms. The largest absolute Gasteiger partial charge is 0.495 e. The predicted octanol–water partition coefficient (Wildman–Crippen LogP) is 3.91. The van der Waals surface area contributed by atoms with Gasteiger partial charge in [-0.05, 0) is 55.0 Å². The van der Waals surface area contributed by atoms with Crippen molar-refractivity contribution in [1.29, 1.82) is 0 Å². The number of hydrazone groups is 1. The van der Waals surface area contributed by atoms with E-state index in [0.717, 1.165) is 9.87 Å². The molecule has 0 spiro atoms. The van der Waals surface area contributed by atoms with Crippen LogP contribution in [0, 0.1) is 17.0 Å². The quantitative estimate of drug-likeness (QED) is 0.260. The lowest BCUT2D eigenvalue weighted by Gasteiger charge is -2.25. The van der Waals surface area contributed by atoms with Gasteiger partial charge in [-0.25, -0.2) is 13.8 Å². The number of nitro groups is 1. The van der Waals surface area contributed by atoms with Gasteiger partial charge in [0.1, 0.15) is 12.3 Å². The van der Waals surface area contributed by atoms with Gasteiger partial charge in [0.2, 0.25) is 0 Å². The van der Waals surface area contributed by atoms with E-state index in [0.29, 0.717) is 5.56 Å². The zero-order valence-electron chi connectivity index (χ0n) is 18.7. The van der Waals surface area contributed by atoms with Crippen LogP contribution in [0.2, 0.25) is 5.02 Å². The normalized spacial score (nSPS) is 11.3. The molecule has 0 heterocycles. The molecular weight excluding hydrogens is 496 g/mol. The summed E-state index contributed by atoms with van der Waals surface area (Å²) in [6.07, 6.45) is 1.28. The highest BCUT2D eigenvalue weighted by molar-refractivity contribution is 7.92. The molecule has 10 nitrogen and oxygen atoms in total. The number of anilines is 1. The molecule has 0 radical (unpaired) electrons. The molecule has 0 aliphatic heterocycles. The van der Waals surface area contributed by atoms with Crippen LogP contribution in [0.25, 0.3) is 0 Å². The molecule has 35 heavy (non-hydrogen) atoms. The number of halogens is 1. The number of hydrogen-bond donors (Lipinski definition) is 1. The minimum Gasteiger partial charge on any atom is -0.495 e. The summed E-state index contributed by atoms with van der Waals surface area (Å²) in [6, 6.07) is 16.1. The summed E-state index contributed by atoms with van der Waals surface area (Å²) in [6.45, 7) is 1.20. The molecule has 1 amide bonds. The van der Waals surface area contributed by atoms with Crippen molar-refractivity contribution in [3.05, 3.63) is 93.0 Å². The van der Waals surface area contributed by atoms with Gasteiger partial charge in [-0.15, -0.1) is 0 Å². The van der Waals surface area contributed by atoms with E-state index in [-0.39, 0.29) is 27.0 Å². The number of nitro benzene ring substituents is 1. The summed E-state index contributed by atoms with van der Waals surface area (Å²) in [4.78, 5) is 22.9. The highest BCUT2D eigenvalue weighted by atomic mass is 35.5. The average Bonchev–Trinajstić information content (AvgIpc) is 2.83. The van der Waals surface area contributed by atoms with Gasteiger partial charge < -0.3 is 4.74 Å². The third-order valence-corrected chi connectivity index (χ3v) is 6.82. The van der Waals surface area contributed by atoms with Crippen molar-refractivity contribution in [2.24, 2.45) is 5.10 Å². The zero-order valence-corrected chi connectivity index (χ0v) is 20.3. The second-order valence-corrected chi connectivity index (χ2v) is 9.58. The molecule has 0 aliphatic carbocycles. The van der Waals surface area contributed by atoms with Gasteiger partial charge >= 0.3 is 0 Å². The Hall–Kier alpha value is -3.96. The first-order valence-electron chi connectivity index (χ1n) is 10.1. The molecule has 0 fully saturated rings. The topological polar surface area (TPSA) is 131 Å². The Balaban J connectivity index is 1.88.